The third-order valence-electron chi connectivity index (χ3n) is 3.10. The Balaban J connectivity index is 2.11. The standard InChI is InChI=1S/C12H19N3OS/c1-14(2)8-9-4-3-6-15(9)12(16)11-10(13)5-7-17-11/h5,7,9H,3-4,6,8,13H2,1-2H3. The number of carbonyl (C=O) groups is 1. The summed E-state index contributed by atoms with van der Waals surface area (Å²) in [5.41, 5.74) is 6.42. The Kier molecular flexibility index (Phi) is 3.69. The van der Waals surface area contributed by atoms with E-state index >= 15 is 0 Å². The molecule has 1 aromatic rings. The highest BCUT2D eigenvalue weighted by Gasteiger charge is 2.30. The Morgan fingerprint density at radius 3 is 3.00 bits per heavy atom. The average molecular weight is 253 g/mol. The van der Waals surface area contributed by atoms with Gasteiger partial charge in [0.15, 0.2) is 0 Å². The summed E-state index contributed by atoms with van der Waals surface area (Å²) >= 11 is 1.44. The van der Waals surface area contributed by atoms with Gasteiger partial charge in [-0.2, -0.15) is 0 Å². The SMILES string of the molecule is CN(C)CC1CCCN1C(=O)c1sccc1N. The van der Waals surface area contributed by atoms with Crippen LogP contribution in [0.5, 0.6) is 0 Å². The third-order valence-corrected chi connectivity index (χ3v) is 4.02. The Morgan fingerprint density at radius 2 is 2.41 bits per heavy atom. The lowest BCUT2D eigenvalue weighted by Crippen LogP contribution is -2.41. The zero-order chi connectivity index (χ0) is 12.4. The van der Waals surface area contributed by atoms with Crippen molar-refractivity contribution in [2.75, 3.05) is 32.9 Å². The van der Waals surface area contributed by atoms with Crippen LogP contribution in [-0.2, 0) is 0 Å². The molecule has 5 heteroatoms. The molecule has 17 heavy (non-hydrogen) atoms. The van der Waals surface area contributed by atoms with Crippen molar-refractivity contribution in [1.29, 1.82) is 0 Å². The Morgan fingerprint density at radius 1 is 1.65 bits per heavy atom. The molecule has 0 aliphatic carbocycles. The van der Waals surface area contributed by atoms with E-state index in [1.165, 1.54) is 11.3 Å². The molecule has 0 spiro atoms. The number of thiophene rings is 1. The predicted octanol–water partition coefficient (Wildman–Crippen LogP) is 1.50. The van der Waals surface area contributed by atoms with Crippen LogP contribution < -0.4 is 5.73 Å². The minimum Gasteiger partial charge on any atom is -0.397 e. The Bertz CT molecular complexity index is 402. The van der Waals surface area contributed by atoms with E-state index in [0.717, 1.165) is 25.9 Å². The van der Waals surface area contributed by atoms with Crippen molar-refractivity contribution in [2.24, 2.45) is 0 Å². The molecule has 1 saturated heterocycles. The van der Waals surface area contributed by atoms with Gasteiger partial charge in [-0.3, -0.25) is 4.79 Å². The third kappa shape index (κ3) is 2.61. The minimum absolute atomic E-state index is 0.0989. The van der Waals surface area contributed by atoms with Gasteiger partial charge in [0.25, 0.3) is 5.91 Å². The maximum absolute atomic E-state index is 12.4. The average Bonchev–Trinajstić information content (AvgIpc) is 2.85. The van der Waals surface area contributed by atoms with E-state index in [4.69, 9.17) is 5.73 Å². The van der Waals surface area contributed by atoms with Crippen LogP contribution in [0.15, 0.2) is 11.4 Å². The summed E-state index contributed by atoms with van der Waals surface area (Å²) in [6, 6.07) is 2.13. The molecule has 2 N–H and O–H groups in total. The number of hydrogen-bond donors (Lipinski definition) is 1. The second-order valence-electron chi connectivity index (χ2n) is 4.76. The predicted molar refractivity (Wildman–Crippen MR) is 71.3 cm³/mol. The number of nitrogens with zero attached hydrogens (tertiary/aromatic N) is 2. The van der Waals surface area contributed by atoms with Gasteiger partial charge < -0.3 is 15.5 Å². The molecule has 1 aromatic heterocycles. The molecule has 2 heterocycles. The van der Waals surface area contributed by atoms with Crippen molar-refractivity contribution < 1.29 is 4.79 Å². The number of amides is 1. The molecular weight excluding hydrogens is 234 g/mol. The van der Waals surface area contributed by atoms with Crippen molar-refractivity contribution in [3.8, 4) is 0 Å². The van der Waals surface area contributed by atoms with Gasteiger partial charge in [-0.25, -0.2) is 0 Å². The number of likely N-dealkylation sites (tertiary alicyclic amines) is 1. The first-order chi connectivity index (χ1) is 8.09. The highest BCUT2D eigenvalue weighted by Crippen LogP contribution is 2.26. The minimum atomic E-state index is 0.0989. The van der Waals surface area contributed by atoms with E-state index in [1.54, 1.807) is 6.07 Å². The van der Waals surface area contributed by atoms with Crippen molar-refractivity contribution >= 4 is 22.9 Å². The van der Waals surface area contributed by atoms with E-state index in [2.05, 4.69) is 4.90 Å². The van der Waals surface area contributed by atoms with Gasteiger partial charge in [-0.15, -0.1) is 11.3 Å². The number of carbonyl (C=O) groups excluding carboxylic acids is 1. The van der Waals surface area contributed by atoms with Gasteiger partial charge in [-0.05, 0) is 38.4 Å². The molecule has 0 saturated carbocycles. The van der Waals surface area contributed by atoms with E-state index in [0.29, 0.717) is 16.6 Å². The zero-order valence-corrected chi connectivity index (χ0v) is 11.2. The van der Waals surface area contributed by atoms with Gasteiger partial charge in [0.1, 0.15) is 4.88 Å². The molecule has 4 nitrogen and oxygen atoms in total. The molecule has 0 bridgehead atoms. The van der Waals surface area contributed by atoms with Gasteiger partial charge in [0.05, 0.1) is 5.69 Å². The van der Waals surface area contributed by atoms with E-state index in [9.17, 15) is 4.79 Å². The van der Waals surface area contributed by atoms with Crippen molar-refractivity contribution in [2.45, 2.75) is 18.9 Å². The molecule has 1 atom stereocenters. The largest absolute Gasteiger partial charge is 0.397 e. The Hall–Kier alpha value is -1.07. The van der Waals surface area contributed by atoms with E-state index < -0.39 is 0 Å². The lowest BCUT2D eigenvalue weighted by atomic mass is 10.2. The number of hydrogen-bond acceptors (Lipinski definition) is 4. The van der Waals surface area contributed by atoms with Gasteiger partial charge in [-0.1, -0.05) is 0 Å². The molecule has 0 aromatic carbocycles. The van der Waals surface area contributed by atoms with E-state index in [-0.39, 0.29) is 5.91 Å². The Labute approximate surface area is 106 Å². The topological polar surface area (TPSA) is 49.6 Å². The number of nitrogen functional groups attached to an aromatic ring is 1. The van der Waals surface area contributed by atoms with Crippen LogP contribution in [-0.4, -0.2) is 48.9 Å². The lowest BCUT2D eigenvalue weighted by Gasteiger charge is -2.26. The highest BCUT2D eigenvalue weighted by molar-refractivity contribution is 7.12. The molecule has 1 fully saturated rings. The molecule has 1 aliphatic rings. The zero-order valence-electron chi connectivity index (χ0n) is 10.3. The number of anilines is 1. The molecular formula is C12H19N3OS. The second-order valence-corrected chi connectivity index (χ2v) is 5.68. The summed E-state index contributed by atoms with van der Waals surface area (Å²) in [4.78, 5) is 17.2. The van der Waals surface area contributed by atoms with Crippen LogP contribution >= 0.6 is 11.3 Å². The highest BCUT2D eigenvalue weighted by atomic mass is 32.1. The van der Waals surface area contributed by atoms with Gasteiger partial charge in [0, 0.05) is 19.1 Å². The second kappa shape index (κ2) is 5.06. The molecule has 94 valence electrons. The van der Waals surface area contributed by atoms with Crippen LogP contribution in [0.25, 0.3) is 0 Å². The monoisotopic (exact) mass is 253 g/mol. The summed E-state index contributed by atoms with van der Waals surface area (Å²) < 4.78 is 0. The maximum atomic E-state index is 12.4. The van der Waals surface area contributed by atoms with Gasteiger partial charge in [0.2, 0.25) is 0 Å². The van der Waals surface area contributed by atoms with Crippen molar-refractivity contribution in [3.63, 3.8) is 0 Å². The molecule has 1 unspecified atom stereocenters. The fourth-order valence-corrected chi connectivity index (χ4v) is 3.11. The first-order valence-electron chi connectivity index (χ1n) is 5.88. The quantitative estimate of drug-likeness (QED) is 0.888. The summed E-state index contributed by atoms with van der Waals surface area (Å²) in [5.74, 6) is 0.0989. The fraction of sp³-hybridized carbons (Fsp3) is 0.583. The summed E-state index contributed by atoms with van der Waals surface area (Å²) in [6.45, 7) is 1.78. The number of likely N-dealkylation sites (N-methyl/N-ethyl adjacent to an activating group) is 1. The smallest absolute Gasteiger partial charge is 0.266 e. The van der Waals surface area contributed by atoms with Crippen LogP contribution in [0.2, 0.25) is 0 Å². The summed E-state index contributed by atoms with van der Waals surface area (Å²) in [6.07, 6.45) is 2.19. The van der Waals surface area contributed by atoms with Crippen LogP contribution in [0, 0.1) is 0 Å². The molecule has 1 amide bonds. The molecule has 0 radical (unpaired) electrons. The molecule has 2 rings (SSSR count). The van der Waals surface area contributed by atoms with E-state index in [1.807, 2.05) is 24.4 Å². The van der Waals surface area contributed by atoms with Crippen LogP contribution in [0.4, 0.5) is 5.69 Å². The van der Waals surface area contributed by atoms with Crippen molar-refractivity contribution in [3.05, 3.63) is 16.3 Å². The van der Waals surface area contributed by atoms with Crippen LogP contribution in [0.3, 0.4) is 0 Å². The maximum Gasteiger partial charge on any atom is 0.266 e. The summed E-state index contributed by atoms with van der Waals surface area (Å²) in [7, 11) is 4.08. The lowest BCUT2D eigenvalue weighted by molar-refractivity contribution is 0.0722. The van der Waals surface area contributed by atoms with Crippen LogP contribution in [0.1, 0.15) is 22.5 Å². The first kappa shape index (κ1) is 12.4. The molecule has 1 aliphatic heterocycles. The number of rotatable bonds is 3. The first-order valence-corrected chi connectivity index (χ1v) is 6.76. The normalized spacial score (nSPS) is 20.2. The number of nitrogens with two attached hydrogens (primary N) is 1. The van der Waals surface area contributed by atoms with Gasteiger partial charge >= 0.3 is 0 Å². The summed E-state index contributed by atoms with van der Waals surface area (Å²) in [5, 5.41) is 1.87. The fourth-order valence-electron chi connectivity index (χ4n) is 2.34. The van der Waals surface area contributed by atoms with Crippen molar-refractivity contribution in [1.82, 2.24) is 9.80 Å².